The zero-order valence-corrected chi connectivity index (χ0v) is 13.5. The van der Waals surface area contributed by atoms with Crippen LogP contribution in [0.25, 0.3) is 0 Å². The molecule has 20 heavy (non-hydrogen) atoms. The molecule has 0 saturated carbocycles. The molecule has 1 fully saturated rings. The van der Waals surface area contributed by atoms with Gasteiger partial charge in [-0.2, -0.15) is 5.10 Å². The lowest BCUT2D eigenvalue weighted by atomic mass is 10.0. The van der Waals surface area contributed by atoms with Gasteiger partial charge in [0.2, 0.25) is 0 Å². The topological polar surface area (TPSA) is 33.1 Å². The highest BCUT2D eigenvalue weighted by Crippen LogP contribution is 2.13. The Morgan fingerprint density at radius 2 is 2.20 bits per heavy atom. The number of hydrogen-bond acceptors (Lipinski definition) is 3. The van der Waals surface area contributed by atoms with Gasteiger partial charge in [0.1, 0.15) is 0 Å². The van der Waals surface area contributed by atoms with E-state index < -0.39 is 0 Å². The molecule has 4 heteroatoms. The van der Waals surface area contributed by atoms with Crippen LogP contribution in [-0.2, 0) is 6.54 Å². The molecule has 2 atom stereocenters. The van der Waals surface area contributed by atoms with Crippen LogP contribution in [0.2, 0.25) is 0 Å². The summed E-state index contributed by atoms with van der Waals surface area (Å²) in [6.45, 7) is 13.5. The standard InChI is InChI=1S/C16H30N4/c1-5-14(4)20-10-7-15(18-20)11-19-9-6-8-17-16(12-19)13(2)3/h7,10,13-14,16-17H,5-6,8-9,11-12H2,1-4H3. The Labute approximate surface area is 123 Å². The zero-order valence-electron chi connectivity index (χ0n) is 13.5. The predicted octanol–water partition coefficient (Wildman–Crippen LogP) is 2.67. The number of nitrogens with zero attached hydrogens (tertiary/aromatic N) is 3. The Morgan fingerprint density at radius 3 is 2.90 bits per heavy atom. The molecular weight excluding hydrogens is 248 g/mol. The first kappa shape index (κ1) is 15.5. The van der Waals surface area contributed by atoms with Crippen molar-refractivity contribution in [2.75, 3.05) is 19.6 Å². The second-order valence-electron chi connectivity index (χ2n) is 6.44. The average molecular weight is 278 g/mol. The van der Waals surface area contributed by atoms with Gasteiger partial charge in [0.15, 0.2) is 0 Å². The Morgan fingerprint density at radius 1 is 1.40 bits per heavy atom. The van der Waals surface area contributed by atoms with Crippen molar-refractivity contribution in [1.82, 2.24) is 20.0 Å². The number of nitrogens with one attached hydrogen (secondary N) is 1. The fourth-order valence-electron chi connectivity index (χ4n) is 2.74. The summed E-state index contributed by atoms with van der Waals surface area (Å²) in [4.78, 5) is 2.55. The van der Waals surface area contributed by atoms with Crippen LogP contribution in [0.1, 0.15) is 52.3 Å². The van der Waals surface area contributed by atoms with Gasteiger partial charge in [-0.25, -0.2) is 0 Å². The fraction of sp³-hybridized carbons (Fsp3) is 0.812. The molecule has 1 aliphatic heterocycles. The van der Waals surface area contributed by atoms with Crippen LogP contribution in [0.3, 0.4) is 0 Å². The third-order valence-corrected chi connectivity index (χ3v) is 4.41. The first-order valence-electron chi connectivity index (χ1n) is 8.10. The van der Waals surface area contributed by atoms with Gasteiger partial charge in [-0.3, -0.25) is 9.58 Å². The number of hydrogen-bond donors (Lipinski definition) is 1. The Bertz CT molecular complexity index is 399. The molecule has 4 nitrogen and oxygen atoms in total. The van der Waals surface area contributed by atoms with E-state index in [2.05, 4.69) is 54.9 Å². The Balaban J connectivity index is 1.95. The van der Waals surface area contributed by atoms with Crippen LogP contribution in [0.4, 0.5) is 0 Å². The van der Waals surface area contributed by atoms with E-state index in [1.807, 2.05) is 0 Å². The SMILES string of the molecule is CCC(C)n1ccc(CN2CCCNC(C(C)C)C2)n1. The van der Waals surface area contributed by atoms with Gasteiger partial charge < -0.3 is 5.32 Å². The van der Waals surface area contributed by atoms with Gasteiger partial charge >= 0.3 is 0 Å². The number of rotatable bonds is 5. The van der Waals surface area contributed by atoms with E-state index in [1.54, 1.807) is 0 Å². The molecule has 1 aromatic rings. The Kier molecular flexibility index (Phi) is 5.61. The molecule has 0 aromatic carbocycles. The molecule has 2 rings (SSSR count). The van der Waals surface area contributed by atoms with Gasteiger partial charge in [0.05, 0.1) is 5.69 Å². The van der Waals surface area contributed by atoms with E-state index in [-0.39, 0.29) is 0 Å². The molecule has 1 aliphatic rings. The normalized spacial score (nSPS) is 22.9. The first-order valence-corrected chi connectivity index (χ1v) is 8.10. The molecular formula is C16H30N4. The summed E-state index contributed by atoms with van der Waals surface area (Å²) in [5, 5.41) is 8.39. The maximum absolute atomic E-state index is 4.73. The minimum absolute atomic E-state index is 0.498. The molecule has 1 saturated heterocycles. The highest BCUT2D eigenvalue weighted by Gasteiger charge is 2.20. The van der Waals surface area contributed by atoms with E-state index in [0.29, 0.717) is 18.0 Å². The summed E-state index contributed by atoms with van der Waals surface area (Å²) in [5.74, 6) is 0.688. The minimum Gasteiger partial charge on any atom is -0.312 e. The van der Waals surface area contributed by atoms with Crippen molar-refractivity contribution in [3.63, 3.8) is 0 Å². The maximum atomic E-state index is 4.73. The van der Waals surface area contributed by atoms with E-state index in [0.717, 1.165) is 26.1 Å². The molecule has 2 unspecified atom stereocenters. The first-order chi connectivity index (χ1) is 9.60. The molecule has 0 radical (unpaired) electrons. The fourth-order valence-corrected chi connectivity index (χ4v) is 2.74. The number of aromatic nitrogens is 2. The van der Waals surface area contributed by atoms with Crippen molar-refractivity contribution < 1.29 is 0 Å². The second kappa shape index (κ2) is 7.23. The molecule has 2 heterocycles. The lowest BCUT2D eigenvalue weighted by Crippen LogP contribution is -2.41. The summed E-state index contributed by atoms with van der Waals surface area (Å²) >= 11 is 0. The van der Waals surface area contributed by atoms with E-state index in [9.17, 15) is 0 Å². The zero-order chi connectivity index (χ0) is 14.5. The molecule has 1 N–H and O–H groups in total. The van der Waals surface area contributed by atoms with Crippen molar-refractivity contribution >= 4 is 0 Å². The van der Waals surface area contributed by atoms with Crippen LogP contribution in [0.5, 0.6) is 0 Å². The van der Waals surface area contributed by atoms with Crippen LogP contribution < -0.4 is 5.32 Å². The van der Waals surface area contributed by atoms with E-state index >= 15 is 0 Å². The molecule has 1 aromatic heterocycles. The Hall–Kier alpha value is -0.870. The van der Waals surface area contributed by atoms with Gasteiger partial charge in [-0.15, -0.1) is 0 Å². The van der Waals surface area contributed by atoms with Gasteiger partial charge in [0, 0.05) is 31.4 Å². The third kappa shape index (κ3) is 4.06. The van der Waals surface area contributed by atoms with Crippen molar-refractivity contribution in [3.8, 4) is 0 Å². The van der Waals surface area contributed by atoms with Crippen LogP contribution in [0, 0.1) is 5.92 Å². The summed E-state index contributed by atoms with van der Waals surface area (Å²) < 4.78 is 2.10. The largest absolute Gasteiger partial charge is 0.312 e. The monoisotopic (exact) mass is 278 g/mol. The molecule has 0 bridgehead atoms. The quantitative estimate of drug-likeness (QED) is 0.899. The van der Waals surface area contributed by atoms with Crippen molar-refractivity contribution in [3.05, 3.63) is 18.0 Å². The lowest BCUT2D eigenvalue weighted by Gasteiger charge is -2.26. The second-order valence-corrected chi connectivity index (χ2v) is 6.44. The highest BCUT2D eigenvalue weighted by atomic mass is 15.3. The van der Waals surface area contributed by atoms with Crippen LogP contribution in [-0.4, -0.2) is 40.4 Å². The summed E-state index contributed by atoms with van der Waals surface area (Å²) in [5.41, 5.74) is 1.20. The summed E-state index contributed by atoms with van der Waals surface area (Å²) in [6, 6.07) is 3.28. The van der Waals surface area contributed by atoms with Gasteiger partial charge in [-0.1, -0.05) is 20.8 Å². The maximum Gasteiger partial charge on any atom is 0.0764 e. The molecule has 0 spiro atoms. The lowest BCUT2D eigenvalue weighted by molar-refractivity contribution is 0.235. The van der Waals surface area contributed by atoms with Crippen molar-refractivity contribution in [2.45, 2.75) is 59.2 Å². The molecule has 114 valence electrons. The van der Waals surface area contributed by atoms with E-state index in [4.69, 9.17) is 5.10 Å². The third-order valence-electron chi connectivity index (χ3n) is 4.41. The van der Waals surface area contributed by atoms with E-state index in [1.165, 1.54) is 18.7 Å². The highest BCUT2D eigenvalue weighted by molar-refractivity contribution is 5.00. The van der Waals surface area contributed by atoms with Crippen molar-refractivity contribution in [1.29, 1.82) is 0 Å². The predicted molar refractivity (Wildman–Crippen MR) is 83.8 cm³/mol. The molecule has 0 amide bonds. The summed E-state index contributed by atoms with van der Waals surface area (Å²) in [6.07, 6.45) is 4.49. The van der Waals surface area contributed by atoms with Crippen molar-refractivity contribution in [2.24, 2.45) is 5.92 Å². The van der Waals surface area contributed by atoms with Gasteiger partial charge in [-0.05, 0) is 44.8 Å². The average Bonchev–Trinajstić information content (AvgIpc) is 2.75. The molecule has 0 aliphatic carbocycles. The van der Waals surface area contributed by atoms with Gasteiger partial charge in [0.25, 0.3) is 0 Å². The van der Waals surface area contributed by atoms with Crippen LogP contribution >= 0.6 is 0 Å². The van der Waals surface area contributed by atoms with Crippen LogP contribution in [0.15, 0.2) is 12.3 Å². The smallest absolute Gasteiger partial charge is 0.0764 e. The minimum atomic E-state index is 0.498. The summed E-state index contributed by atoms with van der Waals surface area (Å²) in [7, 11) is 0.